The Morgan fingerprint density at radius 2 is 1.92 bits per heavy atom. The molecule has 2 aromatic rings. The third-order valence-corrected chi connectivity index (χ3v) is 5.09. The maximum absolute atomic E-state index is 15.0. The van der Waals surface area contributed by atoms with Crippen molar-refractivity contribution >= 4 is 5.91 Å². The second-order valence-corrected chi connectivity index (χ2v) is 6.98. The van der Waals surface area contributed by atoms with Crippen LogP contribution in [-0.2, 0) is 6.42 Å². The highest BCUT2D eigenvalue weighted by Crippen LogP contribution is 2.31. The van der Waals surface area contributed by atoms with Crippen molar-refractivity contribution in [3.63, 3.8) is 0 Å². The maximum Gasteiger partial charge on any atom is 0.252 e. The van der Waals surface area contributed by atoms with Crippen LogP contribution in [0.5, 0.6) is 0 Å². The van der Waals surface area contributed by atoms with Crippen molar-refractivity contribution in [2.75, 3.05) is 26.2 Å². The Kier molecular flexibility index (Phi) is 6.34. The number of carbonyl (C=O) groups excluding carboxylic acids is 1. The lowest BCUT2D eigenvalue weighted by molar-refractivity contribution is 0.0512. The quantitative estimate of drug-likeness (QED) is 0.829. The average molecular weight is 355 g/mol. The Balaban J connectivity index is 1.36. The number of aromatic nitrogens is 1. The van der Waals surface area contributed by atoms with Gasteiger partial charge >= 0.3 is 0 Å². The monoisotopic (exact) mass is 355 g/mol. The Bertz CT molecular complexity index is 685. The normalized spacial score (nSPS) is 17.0. The summed E-state index contributed by atoms with van der Waals surface area (Å²) in [5, 5.41) is 2.90. The smallest absolute Gasteiger partial charge is 0.252 e. The van der Waals surface area contributed by atoms with Crippen molar-refractivity contribution in [2.45, 2.75) is 31.4 Å². The van der Waals surface area contributed by atoms with Gasteiger partial charge in [0.1, 0.15) is 5.67 Å². The Hall–Kier alpha value is -2.27. The minimum absolute atomic E-state index is 0.113. The lowest BCUT2D eigenvalue weighted by Crippen LogP contribution is -2.44. The number of hydrogen-bond donors (Lipinski definition) is 1. The minimum Gasteiger partial charge on any atom is -0.351 e. The summed E-state index contributed by atoms with van der Waals surface area (Å²) in [7, 11) is 0. The summed E-state index contributed by atoms with van der Waals surface area (Å²) in [6, 6.07) is 13.6. The van der Waals surface area contributed by atoms with Gasteiger partial charge in [0.15, 0.2) is 0 Å². The van der Waals surface area contributed by atoms with Crippen LogP contribution in [0.15, 0.2) is 54.9 Å². The molecule has 0 radical (unpaired) electrons. The number of likely N-dealkylation sites (tertiary alicyclic amines) is 1. The van der Waals surface area contributed by atoms with Crippen LogP contribution in [0.4, 0.5) is 4.39 Å². The zero-order chi connectivity index (χ0) is 18.2. The Morgan fingerprint density at radius 1 is 1.15 bits per heavy atom. The second-order valence-electron chi connectivity index (χ2n) is 6.98. The molecule has 0 bridgehead atoms. The van der Waals surface area contributed by atoms with E-state index in [1.807, 2.05) is 18.2 Å². The Labute approximate surface area is 154 Å². The number of piperidine rings is 1. The van der Waals surface area contributed by atoms with Crippen LogP contribution in [0.25, 0.3) is 0 Å². The molecule has 1 aliphatic rings. The van der Waals surface area contributed by atoms with Gasteiger partial charge in [-0.15, -0.1) is 0 Å². The van der Waals surface area contributed by atoms with Gasteiger partial charge in [0.25, 0.3) is 5.91 Å². The molecule has 3 rings (SSSR count). The van der Waals surface area contributed by atoms with Gasteiger partial charge in [-0.1, -0.05) is 30.3 Å². The first-order valence-corrected chi connectivity index (χ1v) is 9.28. The lowest BCUT2D eigenvalue weighted by Gasteiger charge is -2.36. The van der Waals surface area contributed by atoms with Gasteiger partial charge in [0.2, 0.25) is 0 Å². The van der Waals surface area contributed by atoms with Crippen molar-refractivity contribution in [1.29, 1.82) is 0 Å². The van der Waals surface area contributed by atoms with E-state index < -0.39 is 5.67 Å². The number of halogens is 1. The van der Waals surface area contributed by atoms with E-state index in [1.54, 1.807) is 24.5 Å². The van der Waals surface area contributed by atoms with E-state index in [4.69, 9.17) is 0 Å². The van der Waals surface area contributed by atoms with Crippen LogP contribution in [0.2, 0.25) is 0 Å². The topological polar surface area (TPSA) is 45.2 Å². The van der Waals surface area contributed by atoms with Gasteiger partial charge in [0.05, 0.1) is 5.56 Å². The maximum atomic E-state index is 15.0. The number of amides is 1. The zero-order valence-corrected chi connectivity index (χ0v) is 15.0. The zero-order valence-electron chi connectivity index (χ0n) is 15.0. The van der Waals surface area contributed by atoms with E-state index >= 15 is 0 Å². The van der Waals surface area contributed by atoms with Crippen molar-refractivity contribution in [1.82, 2.24) is 15.2 Å². The Morgan fingerprint density at radius 3 is 2.62 bits per heavy atom. The van der Waals surface area contributed by atoms with E-state index in [-0.39, 0.29) is 5.91 Å². The van der Waals surface area contributed by atoms with Gasteiger partial charge in [-0.2, -0.15) is 0 Å². The average Bonchev–Trinajstić information content (AvgIpc) is 2.70. The van der Waals surface area contributed by atoms with E-state index in [9.17, 15) is 9.18 Å². The largest absolute Gasteiger partial charge is 0.351 e. The number of benzene rings is 1. The molecule has 1 amide bonds. The molecule has 1 aromatic carbocycles. The number of carbonyl (C=O) groups is 1. The first-order chi connectivity index (χ1) is 12.6. The van der Waals surface area contributed by atoms with Crippen molar-refractivity contribution in [3.05, 3.63) is 66.0 Å². The SMILES string of the molecule is O=C(NCCN1CCC(F)(CCc2ccccc2)CC1)c1cccnc1. The van der Waals surface area contributed by atoms with Crippen LogP contribution in [0, 0.1) is 0 Å². The van der Waals surface area contributed by atoms with Crippen molar-refractivity contribution in [3.8, 4) is 0 Å². The molecular formula is C21H26FN3O. The molecule has 138 valence electrons. The summed E-state index contributed by atoms with van der Waals surface area (Å²) in [5.41, 5.74) is 0.700. The first-order valence-electron chi connectivity index (χ1n) is 9.28. The molecule has 1 saturated heterocycles. The molecule has 0 unspecified atom stereocenters. The number of aryl methyl sites for hydroxylation is 1. The summed E-state index contributed by atoms with van der Waals surface area (Å²) in [6.45, 7) is 2.81. The standard InChI is InChI=1S/C21H26FN3O/c22-21(9-8-18-5-2-1-3-6-18)10-14-25(15-11-21)16-13-24-20(26)19-7-4-12-23-17-19/h1-7,12,17H,8-11,13-16H2,(H,24,26). The van der Waals surface area contributed by atoms with Gasteiger partial charge in [0, 0.05) is 38.6 Å². The molecule has 5 heteroatoms. The predicted octanol–water partition coefficient (Wildman–Crippen LogP) is 3.25. The van der Waals surface area contributed by atoms with Gasteiger partial charge < -0.3 is 10.2 Å². The molecule has 0 saturated carbocycles. The number of alkyl halides is 1. The van der Waals surface area contributed by atoms with Gasteiger partial charge in [-0.05, 0) is 43.4 Å². The van der Waals surface area contributed by atoms with Crippen LogP contribution in [0.1, 0.15) is 35.2 Å². The number of pyridine rings is 1. The molecular weight excluding hydrogens is 329 g/mol. The number of rotatable bonds is 7. The highest BCUT2D eigenvalue weighted by molar-refractivity contribution is 5.93. The van der Waals surface area contributed by atoms with Gasteiger partial charge in [-0.25, -0.2) is 4.39 Å². The highest BCUT2D eigenvalue weighted by Gasteiger charge is 2.33. The summed E-state index contributed by atoms with van der Waals surface area (Å²) in [4.78, 5) is 18.2. The number of nitrogens with zero attached hydrogens (tertiary/aromatic N) is 2. The minimum atomic E-state index is -1.06. The van der Waals surface area contributed by atoms with E-state index in [0.29, 0.717) is 31.4 Å². The molecule has 1 fully saturated rings. The van der Waals surface area contributed by atoms with Crippen LogP contribution >= 0.6 is 0 Å². The molecule has 1 N–H and O–H groups in total. The van der Waals surface area contributed by atoms with Crippen LogP contribution in [0.3, 0.4) is 0 Å². The highest BCUT2D eigenvalue weighted by atomic mass is 19.1. The van der Waals surface area contributed by atoms with Crippen molar-refractivity contribution in [2.24, 2.45) is 0 Å². The molecule has 1 aliphatic heterocycles. The fourth-order valence-corrected chi connectivity index (χ4v) is 3.37. The molecule has 0 spiro atoms. The van der Waals surface area contributed by atoms with Crippen LogP contribution < -0.4 is 5.32 Å². The first kappa shape index (κ1) is 18.5. The molecule has 4 nitrogen and oxygen atoms in total. The third kappa shape index (κ3) is 5.36. The fourth-order valence-electron chi connectivity index (χ4n) is 3.37. The number of nitrogens with one attached hydrogen (secondary N) is 1. The molecule has 0 atom stereocenters. The van der Waals surface area contributed by atoms with E-state index in [0.717, 1.165) is 26.1 Å². The van der Waals surface area contributed by atoms with Crippen LogP contribution in [-0.4, -0.2) is 47.6 Å². The molecule has 26 heavy (non-hydrogen) atoms. The van der Waals surface area contributed by atoms with E-state index in [2.05, 4.69) is 27.3 Å². The molecule has 0 aliphatic carbocycles. The second kappa shape index (κ2) is 8.90. The molecule has 1 aromatic heterocycles. The summed E-state index contributed by atoms with van der Waals surface area (Å²) >= 11 is 0. The summed E-state index contributed by atoms with van der Waals surface area (Å²) in [6.07, 6.45) is 5.71. The van der Waals surface area contributed by atoms with Gasteiger partial charge in [-0.3, -0.25) is 9.78 Å². The fraction of sp³-hybridized carbons (Fsp3) is 0.429. The lowest BCUT2D eigenvalue weighted by atomic mass is 9.87. The number of hydrogen-bond acceptors (Lipinski definition) is 3. The van der Waals surface area contributed by atoms with E-state index in [1.165, 1.54) is 5.56 Å². The summed E-state index contributed by atoms with van der Waals surface area (Å²) < 4.78 is 15.0. The van der Waals surface area contributed by atoms with Crippen molar-refractivity contribution < 1.29 is 9.18 Å². The predicted molar refractivity (Wildman–Crippen MR) is 101 cm³/mol. The third-order valence-electron chi connectivity index (χ3n) is 5.09. The molecule has 2 heterocycles. The summed E-state index contributed by atoms with van der Waals surface area (Å²) in [5.74, 6) is -0.113.